The second kappa shape index (κ2) is 21.7. The highest BCUT2D eigenvalue weighted by Gasteiger charge is 1.92. The minimum absolute atomic E-state index is 0.833. The molecule has 0 aromatic heterocycles. The lowest BCUT2D eigenvalue weighted by molar-refractivity contribution is -0.134. The Morgan fingerprint density at radius 1 is 0.714 bits per heavy atom. The van der Waals surface area contributed by atoms with Crippen LogP contribution in [0.2, 0.25) is 0 Å². The van der Waals surface area contributed by atoms with Crippen LogP contribution in [-0.2, 0) is 4.79 Å². The number of carboxylic acid groups (broad SMARTS) is 1. The third kappa shape index (κ3) is 32.7. The van der Waals surface area contributed by atoms with Crippen molar-refractivity contribution in [2.45, 2.75) is 97.8 Å². The zero-order valence-corrected chi connectivity index (χ0v) is 14.8. The van der Waals surface area contributed by atoms with E-state index in [-0.39, 0.29) is 0 Å². The van der Waals surface area contributed by atoms with Gasteiger partial charge in [0, 0.05) is 6.92 Å². The Morgan fingerprint density at radius 3 is 1.33 bits per heavy atom. The summed E-state index contributed by atoms with van der Waals surface area (Å²) in [6, 6.07) is 0. The van der Waals surface area contributed by atoms with Crippen LogP contribution >= 0.6 is 0 Å². The summed E-state index contributed by atoms with van der Waals surface area (Å²) in [4.78, 5) is 9.00. The maximum atomic E-state index is 9.00. The smallest absolute Gasteiger partial charge is 0.300 e. The molecule has 0 aromatic carbocycles. The minimum atomic E-state index is -0.833. The zero-order valence-electron chi connectivity index (χ0n) is 14.8. The number of aliphatic carboxylic acids is 1. The summed E-state index contributed by atoms with van der Waals surface area (Å²) >= 11 is 0. The summed E-state index contributed by atoms with van der Waals surface area (Å²) in [6.45, 7) is 8.12. The number of carboxylic acids is 1. The fourth-order valence-corrected chi connectivity index (χ4v) is 2.19. The van der Waals surface area contributed by atoms with Crippen LogP contribution in [0, 0.1) is 0 Å². The van der Waals surface area contributed by atoms with E-state index in [0.29, 0.717) is 0 Å². The van der Waals surface area contributed by atoms with Gasteiger partial charge in [-0.25, -0.2) is 0 Å². The van der Waals surface area contributed by atoms with Crippen LogP contribution in [0.15, 0.2) is 0 Å². The molecule has 0 unspecified atom stereocenters. The van der Waals surface area contributed by atoms with Crippen LogP contribution in [-0.4, -0.2) is 24.2 Å². The molecule has 0 fully saturated rings. The molecule has 0 saturated carbocycles. The zero-order chi connectivity index (χ0) is 16.2. The maximum absolute atomic E-state index is 9.00. The van der Waals surface area contributed by atoms with Crippen LogP contribution in [0.3, 0.4) is 0 Å². The number of unbranched alkanes of at least 4 members (excludes halogenated alkanes) is 10. The standard InChI is InChI=1S/C16H35N.C2H4O2/c1-3-5-7-9-11-13-15-17-16-14-12-10-8-6-4-2;1-2(3)4/h17H,3-16H2,1-2H3;1H3,(H,3,4). The molecule has 0 aliphatic rings. The third-order valence-corrected chi connectivity index (χ3v) is 3.41. The summed E-state index contributed by atoms with van der Waals surface area (Å²) in [5.74, 6) is -0.833. The molecule has 3 nitrogen and oxygen atoms in total. The van der Waals surface area contributed by atoms with Crippen molar-refractivity contribution in [1.29, 1.82) is 0 Å². The van der Waals surface area contributed by atoms with E-state index >= 15 is 0 Å². The van der Waals surface area contributed by atoms with E-state index in [1.165, 1.54) is 90.1 Å². The average molecular weight is 302 g/mol. The number of rotatable bonds is 14. The quantitative estimate of drug-likeness (QED) is 0.423. The van der Waals surface area contributed by atoms with Gasteiger partial charge in [-0.2, -0.15) is 0 Å². The Morgan fingerprint density at radius 2 is 1.00 bits per heavy atom. The van der Waals surface area contributed by atoms with Crippen molar-refractivity contribution in [3.8, 4) is 0 Å². The van der Waals surface area contributed by atoms with E-state index in [0.717, 1.165) is 6.92 Å². The van der Waals surface area contributed by atoms with Crippen molar-refractivity contribution in [2.75, 3.05) is 13.1 Å². The van der Waals surface area contributed by atoms with Gasteiger partial charge in [-0.15, -0.1) is 0 Å². The van der Waals surface area contributed by atoms with Crippen molar-refractivity contribution in [1.82, 2.24) is 5.32 Å². The van der Waals surface area contributed by atoms with Gasteiger partial charge in [-0.05, 0) is 25.9 Å². The molecule has 0 aromatic rings. The monoisotopic (exact) mass is 301 g/mol. The summed E-state index contributed by atoms with van der Waals surface area (Å²) in [5, 5.41) is 11.0. The van der Waals surface area contributed by atoms with Crippen LogP contribution in [0.1, 0.15) is 97.8 Å². The normalized spacial score (nSPS) is 10.0. The molecule has 0 amide bonds. The lowest BCUT2D eigenvalue weighted by Gasteiger charge is -2.04. The third-order valence-electron chi connectivity index (χ3n) is 3.41. The molecule has 0 aliphatic heterocycles. The second-order valence-electron chi connectivity index (χ2n) is 5.80. The highest BCUT2D eigenvalue weighted by Crippen LogP contribution is 2.05. The van der Waals surface area contributed by atoms with Gasteiger partial charge in [0.25, 0.3) is 5.97 Å². The fraction of sp³-hybridized carbons (Fsp3) is 0.944. The van der Waals surface area contributed by atoms with Crippen molar-refractivity contribution in [2.24, 2.45) is 0 Å². The molecule has 0 radical (unpaired) electrons. The molecule has 0 aliphatic carbocycles. The molecular weight excluding hydrogens is 262 g/mol. The first kappa shape index (κ1) is 22.7. The number of carbonyl (C=O) groups is 1. The number of hydrogen-bond donors (Lipinski definition) is 2. The summed E-state index contributed by atoms with van der Waals surface area (Å²) in [6.07, 6.45) is 16.9. The van der Waals surface area contributed by atoms with E-state index < -0.39 is 5.97 Å². The first-order valence-corrected chi connectivity index (χ1v) is 9.05. The van der Waals surface area contributed by atoms with Gasteiger partial charge in [0.2, 0.25) is 0 Å². The van der Waals surface area contributed by atoms with E-state index in [1.807, 2.05) is 0 Å². The summed E-state index contributed by atoms with van der Waals surface area (Å²) in [5.41, 5.74) is 0. The SMILES string of the molecule is CC(=O)O.CCCCCCCCNCCCCCCCC. The predicted molar refractivity (Wildman–Crippen MR) is 92.9 cm³/mol. The van der Waals surface area contributed by atoms with Crippen LogP contribution in [0.25, 0.3) is 0 Å². The van der Waals surface area contributed by atoms with Gasteiger partial charge in [-0.3, -0.25) is 4.79 Å². The van der Waals surface area contributed by atoms with Gasteiger partial charge in [0.05, 0.1) is 0 Å². The van der Waals surface area contributed by atoms with Gasteiger partial charge >= 0.3 is 0 Å². The molecule has 128 valence electrons. The molecule has 0 rings (SSSR count). The minimum Gasteiger partial charge on any atom is -0.481 e. The largest absolute Gasteiger partial charge is 0.481 e. The highest BCUT2D eigenvalue weighted by molar-refractivity contribution is 5.62. The van der Waals surface area contributed by atoms with Crippen molar-refractivity contribution < 1.29 is 9.90 Å². The van der Waals surface area contributed by atoms with Crippen molar-refractivity contribution in [3.05, 3.63) is 0 Å². The lowest BCUT2D eigenvalue weighted by atomic mass is 10.1. The molecule has 3 heteroatoms. The van der Waals surface area contributed by atoms with E-state index in [4.69, 9.17) is 9.90 Å². The Kier molecular flexibility index (Phi) is 23.5. The lowest BCUT2D eigenvalue weighted by Crippen LogP contribution is -2.16. The molecular formula is C18H39NO2. The van der Waals surface area contributed by atoms with Gasteiger partial charge in [-0.1, -0.05) is 78.1 Å². The highest BCUT2D eigenvalue weighted by atomic mass is 16.4. The van der Waals surface area contributed by atoms with Crippen LogP contribution in [0.4, 0.5) is 0 Å². The topological polar surface area (TPSA) is 49.3 Å². The number of nitrogens with one attached hydrogen (secondary N) is 1. The van der Waals surface area contributed by atoms with E-state index in [1.54, 1.807) is 0 Å². The van der Waals surface area contributed by atoms with Gasteiger partial charge in [0.15, 0.2) is 0 Å². The molecule has 2 N–H and O–H groups in total. The molecule has 21 heavy (non-hydrogen) atoms. The molecule has 0 bridgehead atoms. The van der Waals surface area contributed by atoms with Crippen LogP contribution in [0.5, 0.6) is 0 Å². The molecule has 0 spiro atoms. The van der Waals surface area contributed by atoms with Gasteiger partial charge < -0.3 is 10.4 Å². The van der Waals surface area contributed by atoms with Crippen molar-refractivity contribution in [3.63, 3.8) is 0 Å². The Labute approximate surface area is 132 Å². The first-order chi connectivity index (χ1) is 10.1. The summed E-state index contributed by atoms with van der Waals surface area (Å²) in [7, 11) is 0. The van der Waals surface area contributed by atoms with Gasteiger partial charge in [0.1, 0.15) is 0 Å². The van der Waals surface area contributed by atoms with E-state index in [9.17, 15) is 0 Å². The van der Waals surface area contributed by atoms with Crippen molar-refractivity contribution >= 4 is 5.97 Å². The Bertz CT molecular complexity index is 178. The average Bonchev–Trinajstić information content (AvgIpc) is 2.43. The summed E-state index contributed by atoms with van der Waals surface area (Å²) < 4.78 is 0. The van der Waals surface area contributed by atoms with E-state index in [2.05, 4.69) is 19.2 Å². The first-order valence-electron chi connectivity index (χ1n) is 9.05. The predicted octanol–water partition coefficient (Wildman–Crippen LogP) is 5.39. The Balaban J connectivity index is 0. The second-order valence-corrected chi connectivity index (χ2v) is 5.80. The molecule has 0 heterocycles. The maximum Gasteiger partial charge on any atom is 0.300 e. The Hall–Kier alpha value is -0.570. The fourth-order valence-electron chi connectivity index (χ4n) is 2.19. The molecule has 0 saturated heterocycles. The molecule has 0 atom stereocenters. The number of hydrogen-bond acceptors (Lipinski definition) is 2. The van der Waals surface area contributed by atoms with Crippen LogP contribution < -0.4 is 5.32 Å².